The van der Waals surface area contributed by atoms with Crippen LogP contribution in [0, 0.1) is 5.82 Å². The molecule has 21 heavy (non-hydrogen) atoms. The molecule has 0 heterocycles. The maximum Gasteiger partial charge on any atom is 0.264 e. The Hall–Kier alpha value is -0.510. The fraction of sp³-hybridized carbons (Fsp3) is 0.364. The third-order valence-corrected chi connectivity index (χ3v) is 5.53. The van der Waals surface area contributed by atoms with Crippen molar-refractivity contribution in [1.82, 2.24) is 5.32 Å². The molecule has 0 fully saturated rings. The normalized spacial score (nSPS) is 13.0. The van der Waals surface area contributed by atoms with Crippen molar-refractivity contribution in [2.24, 2.45) is 0 Å². The number of nitrogens with one attached hydrogen (secondary N) is 1. The van der Waals surface area contributed by atoms with E-state index in [2.05, 4.69) is 21.2 Å². The number of rotatable bonds is 6. The molecule has 10 heteroatoms. The van der Waals surface area contributed by atoms with Crippen molar-refractivity contribution in [1.29, 1.82) is 0 Å². The highest BCUT2D eigenvalue weighted by atomic mass is 79.9. The van der Waals surface area contributed by atoms with Gasteiger partial charge in [0, 0.05) is 44.0 Å². The van der Waals surface area contributed by atoms with Crippen molar-refractivity contribution in [2.45, 2.75) is 11.8 Å². The van der Waals surface area contributed by atoms with Crippen LogP contribution in [-0.2, 0) is 19.9 Å². The molecule has 0 radical (unpaired) electrons. The summed E-state index contributed by atoms with van der Waals surface area (Å²) < 4.78 is 48.0. The molecule has 5 nitrogen and oxygen atoms in total. The highest BCUT2D eigenvalue weighted by Crippen LogP contribution is 2.26. The minimum atomic E-state index is -4.31. The van der Waals surface area contributed by atoms with Crippen molar-refractivity contribution < 1.29 is 21.8 Å². The fourth-order valence-corrected chi connectivity index (χ4v) is 3.58. The lowest BCUT2D eigenvalue weighted by molar-refractivity contribution is 0.0951. The summed E-state index contributed by atoms with van der Waals surface area (Å²) in [6, 6.07) is 2.12. The largest absolute Gasteiger partial charge is 0.351 e. The van der Waals surface area contributed by atoms with E-state index in [1.165, 1.54) is 0 Å². The Labute approximate surface area is 137 Å². The van der Waals surface area contributed by atoms with Crippen LogP contribution < -0.4 is 5.32 Å². The van der Waals surface area contributed by atoms with Gasteiger partial charge in [-0.2, -0.15) is 0 Å². The van der Waals surface area contributed by atoms with Crippen molar-refractivity contribution in [2.75, 3.05) is 18.1 Å². The van der Waals surface area contributed by atoms with E-state index in [0.717, 1.165) is 12.1 Å². The summed E-state index contributed by atoms with van der Waals surface area (Å²) in [7, 11) is -0.257. The maximum atomic E-state index is 14.0. The van der Waals surface area contributed by atoms with Gasteiger partial charge in [-0.15, -0.1) is 0 Å². The van der Waals surface area contributed by atoms with Crippen LogP contribution in [0.4, 0.5) is 4.39 Å². The molecule has 0 saturated heterocycles. The average Bonchev–Trinajstić information content (AvgIpc) is 2.39. The van der Waals surface area contributed by atoms with E-state index in [-0.39, 0.29) is 16.8 Å². The molecule has 1 aromatic rings. The molecule has 0 saturated carbocycles. The monoisotopic (exact) mass is 419 g/mol. The number of halogens is 3. The molecular weight excluding hydrogens is 409 g/mol. The second kappa shape index (κ2) is 7.66. The topological polar surface area (TPSA) is 80.3 Å². The number of hydrogen-bond donors (Lipinski definition) is 1. The number of carbonyl (C=O) groups is 1. The highest BCUT2D eigenvalue weighted by molar-refractivity contribution is 9.10. The van der Waals surface area contributed by atoms with Gasteiger partial charge in [0.15, 0.2) is 5.82 Å². The van der Waals surface area contributed by atoms with E-state index < -0.39 is 42.0 Å². The molecule has 1 unspecified atom stereocenters. The lowest BCUT2D eigenvalue weighted by Gasteiger charge is -2.08. The van der Waals surface area contributed by atoms with Gasteiger partial charge in [-0.3, -0.25) is 9.00 Å². The quantitative estimate of drug-likeness (QED) is 0.714. The Kier molecular flexibility index (Phi) is 6.76. The highest BCUT2D eigenvalue weighted by Gasteiger charge is 2.23. The molecule has 1 atom stereocenters. The van der Waals surface area contributed by atoms with Crippen LogP contribution in [0.3, 0.4) is 0 Å². The third kappa shape index (κ3) is 5.32. The number of benzene rings is 1. The first-order chi connectivity index (χ1) is 9.66. The van der Waals surface area contributed by atoms with Crippen molar-refractivity contribution in [3.8, 4) is 0 Å². The Balaban J connectivity index is 3.00. The van der Waals surface area contributed by atoms with Gasteiger partial charge in [0.25, 0.3) is 15.0 Å². The Morgan fingerprint density at radius 2 is 2.10 bits per heavy atom. The first-order valence-electron chi connectivity index (χ1n) is 5.73. The predicted octanol–water partition coefficient (Wildman–Crippen LogP) is 2.01. The molecule has 0 aliphatic rings. The predicted molar refractivity (Wildman–Crippen MR) is 83.0 cm³/mol. The molecule has 1 N–H and O–H groups in total. The number of amides is 1. The zero-order valence-electron chi connectivity index (χ0n) is 10.9. The van der Waals surface area contributed by atoms with Crippen LogP contribution >= 0.6 is 26.6 Å². The number of carbonyl (C=O) groups excluding carboxylic acids is 1. The van der Waals surface area contributed by atoms with E-state index in [1.807, 2.05) is 0 Å². The van der Waals surface area contributed by atoms with Gasteiger partial charge < -0.3 is 5.32 Å². The van der Waals surface area contributed by atoms with Gasteiger partial charge >= 0.3 is 0 Å². The standard InChI is InChI=1S/C11H12BrClFNO4S2/c1-2-20(17)4-3-15-11(16)8-5-7(12)6-9(10(8)14)21(13,18)19/h5-6H,2-4H2,1H3,(H,15,16). The van der Waals surface area contributed by atoms with Gasteiger partial charge in [0.05, 0.1) is 5.56 Å². The van der Waals surface area contributed by atoms with Crippen LogP contribution in [0.25, 0.3) is 0 Å². The fourth-order valence-electron chi connectivity index (χ4n) is 1.42. The van der Waals surface area contributed by atoms with Crippen molar-refractivity contribution >= 4 is 52.4 Å². The van der Waals surface area contributed by atoms with E-state index in [0.29, 0.717) is 5.75 Å². The smallest absolute Gasteiger partial charge is 0.264 e. The summed E-state index contributed by atoms with van der Waals surface area (Å²) in [5.74, 6) is -1.33. The minimum absolute atomic E-state index is 0.0915. The van der Waals surface area contributed by atoms with Crippen molar-refractivity contribution in [3.63, 3.8) is 0 Å². The SMILES string of the molecule is CCS(=O)CCNC(=O)c1cc(Br)cc(S(=O)(=O)Cl)c1F. The minimum Gasteiger partial charge on any atom is -0.351 e. The third-order valence-electron chi connectivity index (χ3n) is 2.45. The number of hydrogen-bond acceptors (Lipinski definition) is 4. The van der Waals surface area contributed by atoms with Gasteiger partial charge in [-0.25, -0.2) is 12.8 Å². The second-order valence-electron chi connectivity index (χ2n) is 3.89. The molecule has 1 aromatic carbocycles. The van der Waals surface area contributed by atoms with E-state index in [4.69, 9.17) is 10.7 Å². The van der Waals surface area contributed by atoms with E-state index in [9.17, 15) is 21.8 Å². The van der Waals surface area contributed by atoms with E-state index >= 15 is 0 Å². The zero-order chi connectivity index (χ0) is 16.2. The van der Waals surface area contributed by atoms with Crippen LogP contribution in [0.15, 0.2) is 21.5 Å². The first-order valence-corrected chi connectivity index (χ1v) is 10.3. The zero-order valence-corrected chi connectivity index (χ0v) is 14.8. The molecule has 1 rings (SSSR count). The lowest BCUT2D eigenvalue weighted by Crippen LogP contribution is -2.29. The molecule has 0 spiro atoms. The average molecular weight is 421 g/mol. The van der Waals surface area contributed by atoms with Crippen LogP contribution in [0.2, 0.25) is 0 Å². The van der Waals surface area contributed by atoms with Gasteiger partial charge in [-0.05, 0) is 12.1 Å². The molecule has 0 bridgehead atoms. The van der Waals surface area contributed by atoms with Crippen LogP contribution in [-0.4, -0.2) is 36.6 Å². The Bertz CT molecular complexity index is 681. The molecule has 0 aliphatic carbocycles. The van der Waals surface area contributed by atoms with E-state index in [1.54, 1.807) is 6.92 Å². The van der Waals surface area contributed by atoms with Crippen LogP contribution in [0.5, 0.6) is 0 Å². The summed E-state index contributed by atoms with van der Waals surface area (Å²) in [4.78, 5) is 11.1. The van der Waals surface area contributed by atoms with Gasteiger partial charge in [-0.1, -0.05) is 22.9 Å². The summed E-state index contributed by atoms with van der Waals surface area (Å²) in [6.45, 7) is 1.83. The Morgan fingerprint density at radius 1 is 1.48 bits per heavy atom. The lowest BCUT2D eigenvalue weighted by atomic mass is 10.2. The summed E-state index contributed by atoms with van der Waals surface area (Å²) in [6.07, 6.45) is 0. The molecular formula is C11H12BrClFNO4S2. The first kappa shape index (κ1) is 18.5. The summed E-state index contributed by atoms with van der Waals surface area (Å²) in [5.41, 5.74) is -0.453. The van der Waals surface area contributed by atoms with Crippen molar-refractivity contribution in [3.05, 3.63) is 28.0 Å². The maximum absolute atomic E-state index is 14.0. The molecule has 118 valence electrons. The molecule has 0 aliphatic heterocycles. The molecule has 1 amide bonds. The molecule has 0 aromatic heterocycles. The summed E-state index contributed by atoms with van der Waals surface area (Å²) in [5, 5.41) is 2.38. The Morgan fingerprint density at radius 3 is 2.62 bits per heavy atom. The second-order valence-corrected chi connectivity index (χ2v) is 9.21. The van der Waals surface area contributed by atoms with Gasteiger partial charge in [0.1, 0.15) is 4.90 Å². The summed E-state index contributed by atoms with van der Waals surface area (Å²) >= 11 is 2.99. The van der Waals surface area contributed by atoms with Crippen LogP contribution in [0.1, 0.15) is 17.3 Å². The van der Waals surface area contributed by atoms with Gasteiger partial charge in [0.2, 0.25) is 0 Å².